The highest BCUT2D eigenvalue weighted by Gasteiger charge is 2.67. The van der Waals surface area contributed by atoms with Gasteiger partial charge in [-0.2, -0.15) is 0 Å². The van der Waals surface area contributed by atoms with Crippen LogP contribution in [0.2, 0.25) is 0 Å². The number of carbonyl (C=O) groups excluding carboxylic acids is 4. The highest BCUT2D eigenvalue weighted by atomic mass is 16.5. The number of rotatable bonds is 7. The Balaban J connectivity index is 1.84. The van der Waals surface area contributed by atoms with Gasteiger partial charge in [0.1, 0.15) is 11.9 Å². The van der Waals surface area contributed by atoms with Crippen LogP contribution in [0.5, 0.6) is 0 Å². The van der Waals surface area contributed by atoms with Crippen molar-refractivity contribution in [3.05, 3.63) is 77.0 Å². The Labute approximate surface area is 238 Å². The minimum absolute atomic E-state index is 0.0102. The van der Waals surface area contributed by atoms with Crippen molar-refractivity contribution in [2.45, 2.75) is 50.7 Å². The molecule has 10 nitrogen and oxygen atoms in total. The van der Waals surface area contributed by atoms with E-state index in [0.717, 1.165) is 16.8 Å². The molecule has 0 bridgehead atoms. The van der Waals surface area contributed by atoms with E-state index in [1.54, 1.807) is 0 Å². The first-order valence-corrected chi connectivity index (χ1v) is 13.5. The number of aliphatic imine (C=N–C) groups is 1. The summed E-state index contributed by atoms with van der Waals surface area (Å²) in [6.07, 6.45) is 0.244. The number of para-hydroxylation sites is 1. The summed E-state index contributed by atoms with van der Waals surface area (Å²) in [6, 6.07) is 15.5. The number of benzene rings is 2. The summed E-state index contributed by atoms with van der Waals surface area (Å²) in [4.78, 5) is 62.0. The topological polar surface area (TPSA) is 115 Å². The smallest absolute Gasteiger partial charge is 0.357 e. The van der Waals surface area contributed by atoms with E-state index in [0.29, 0.717) is 6.54 Å². The number of hydrogen-bond acceptors (Lipinski definition) is 9. The molecule has 1 spiro atoms. The molecule has 2 aromatic carbocycles. The first-order chi connectivity index (χ1) is 19.7. The molecule has 0 aromatic heterocycles. The van der Waals surface area contributed by atoms with Gasteiger partial charge in [0, 0.05) is 18.7 Å². The van der Waals surface area contributed by atoms with E-state index in [-0.39, 0.29) is 41.8 Å². The quantitative estimate of drug-likeness (QED) is 0.376. The van der Waals surface area contributed by atoms with Crippen LogP contribution < -0.4 is 4.90 Å². The lowest BCUT2D eigenvalue weighted by Gasteiger charge is -2.40. The Hall–Kier alpha value is -4.47. The van der Waals surface area contributed by atoms with E-state index in [1.165, 1.54) is 26.2 Å². The zero-order valence-corrected chi connectivity index (χ0v) is 23.7. The molecular weight excluding hydrogens is 526 g/mol. The second-order valence-corrected chi connectivity index (χ2v) is 10.8. The predicted octanol–water partition coefficient (Wildman–Crippen LogP) is 3.15. The van der Waals surface area contributed by atoms with Crippen LogP contribution in [0, 0.1) is 5.92 Å². The van der Waals surface area contributed by atoms with Crippen molar-refractivity contribution < 1.29 is 33.4 Å². The Morgan fingerprint density at radius 3 is 2.22 bits per heavy atom. The maximum Gasteiger partial charge on any atom is 0.357 e. The number of amides is 1. The summed E-state index contributed by atoms with van der Waals surface area (Å²) in [5.74, 6) is -2.31. The molecule has 3 aliphatic rings. The third-order valence-corrected chi connectivity index (χ3v) is 7.98. The van der Waals surface area contributed by atoms with Gasteiger partial charge in [0.05, 0.1) is 38.4 Å². The molecule has 1 saturated heterocycles. The lowest BCUT2D eigenvalue weighted by Crippen LogP contribution is -2.55. The average Bonchev–Trinajstić information content (AvgIpc) is 3.47. The standard InChI is InChI=1S/C31H33N3O7/c1-18(2)15-23(35)34-22(27(36)39-3)16-31-20-13-9-10-14-21(20)33(17-19-11-7-6-8-12-19)26(31)24(28(37)40-4)25(29(38)41-5)32-30(31)34/h6-14,18,22,26H,15-17H2,1-5H3/t22?,26?,31-/m0/s1. The highest BCUT2D eigenvalue weighted by molar-refractivity contribution is 6.17. The third-order valence-electron chi connectivity index (χ3n) is 7.98. The molecule has 2 unspecified atom stereocenters. The fraction of sp³-hybridized carbons (Fsp3) is 0.387. The second-order valence-electron chi connectivity index (χ2n) is 10.8. The molecule has 0 aliphatic carbocycles. The van der Waals surface area contributed by atoms with E-state index in [1.807, 2.05) is 73.3 Å². The fourth-order valence-electron chi connectivity index (χ4n) is 6.41. The normalized spacial score (nSPS) is 22.5. The van der Waals surface area contributed by atoms with Crippen molar-refractivity contribution >= 4 is 35.3 Å². The molecule has 3 atom stereocenters. The van der Waals surface area contributed by atoms with Crippen LogP contribution in [-0.2, 0) is 45.3 Å². The van der Waals surface area contributed by atoms with Gasteiger partial charge in [-0.15, -0.1) is 0 Å². The van der Waals surface area contributed by atoms with Crippen molar-refractivity contribution in [2.24, 2.45) is 10.9 Å². The van der Waals surface area contributed by atoms with Gasteiger partial charge in [0.25, 0.3) is 0 Å². The molecule has 1 fully saturated rings. The van der Waals surface area contributed by atoms with E-state index >= 15 is 0 Å². The zero-order valence-electron chi connectivity index (χ0n) is 23.7. The van der Waals surface area contributed by atoms with Crippen molar-refractivity contribution in [1.82, 2.24) is 4.90 Å². The van der Waals surface area contributed by atoms with Gasteiger partial charge in [-0.3, -0.25) is 9.69 Å². The number of likely N-dealkylation sites (tertiary alicyclic amines) is 1. The maximum atomic E-state index is 13.8. The first-order valence-electron chi connectivity index (χ1n) is 13.5. The SMILES string of the molecule is COC(=O)C1=C(C(=O)OC)C2N(Cc3ccccc3)c3ccccc3[C@@]23CC(C(=O)OC)N(C(=O)CC(C)C)C3=N1. The number of carbonyl (C=O) groups is 4. The molecule has 5 rings (SSSR count). The summed E-state index contributed by atoms with van der Waals surface area (Å²) >= 11 is 0. The Bertz CT molecular complexity index is 1470. The lowest BCUT2D eigenvalue weighted by molar-refractivity contribution is -0.149. The molecular formula is C31H33N3O7. The molecule has 3 aliphatic heterocycles. The summed E-state index contributed by atoms with van der Waals surface area (Å²) < 4.78 is 15.5. The molecule has 0 saturated carbocycles. The molecule has 3 heterocycles. The van der Waals surface area contributed by atoms with Gasteiger partial charge in [-0.05, 0) is 29.5 Å². The largest absolute Gasteiger partial charge is 0.467 e. The molecule has 0 radical (unpaired) electrons. The molecule has 1 amide bonds. The van der Waals surface area contributed by atoms with Crippen LogP contribution in [0.15, 0.2) is 70.9 Å². The van der Waals surface area contributed by atoms with E-state index in [2.05, 4.69) is 0 Å². The van der Waals surface area contributed by atoms with Gasteiger partial charge < -0.3 is 19.1 Å². The molecule has 41 heavy (non-hydrogen) atoms. The van der Waals surface area contributed by atoms with Crippen molar-refractivity contribution in [3.8, 4) is 0 Å². The van der Waals surface area contributed by atoms with Crippen LogP contribution in [0.3, 0.4) is 0 Å². The number of amidine groups is 1. The van der Waals surface area contributed by atoms with Gasteiger partial charge >= 0.3 is 17.9 Å². The number of fused-ring (bicyclic) bond motifs is 1. The Kier molecular flexibility index (Phi) is 7.42. The fourth-order valence-corrected chi connectivity index (χ4v) is 6.41. The van der Waals surface area contributed by atoms with Crippen LogP contribution in [0.1, 0.15) is 37.8 Å². The number of hydrogen-bond donors (Lipinski definition) is 0. The minimum Gasteiger partial charge on any atom is -0.467 e. The van der Waals surface area contributed by atoms with Crippen LogP contribution in [-0.4, -0.2) is 68.0 Å². The van der Waals surface area contributed by atoms with Crippen molar-refractivity contribution in [1.29, 1.82) is 0 Å². The number of anilines is 1. The second kappa shape index (κ2) is 10.8. The Morgan fingerprint density at radius 2 is 1.59 bits per heavy atom. The lowest BCUT2D eigenvalue weighted by atomic mass is 9.69. The number of ether oxygens (including phenoxy) is 3. The first kappa shape index (κ1) is 28.1. The molecule has 0 N–H and O–H groups in total. The third kappa shape index (κ3) is 4.38. The van der Waals surface area contributed by atoms with Crippen LogP contribution >= 0.6 is 0 Å². The molecule has 214 valence electrons. The number of esters is 3. The van der Waals surface area contributed by atoms with E-state index in [4.69, 9.17) is 19.2 Å². The van der Waals surface area contributed by atoms with Crippen LogP contribution in [0.25, 0.3) is 0 Å². The molecule has 10 heteroatoms. The van der Waals surface area contributed by atoms with Crippen LogP contribution in [0.4, 0.5) is 5.69 Å². The minimum atomic E-state index is -1.14. The van der Waals surface area contributed by atoms with Gasteiger partial charge in [-0.1, -0.05) is 62.4 Å². The zero-order chi connectivity index (χ0) is 29.5. The monoisotopic (exact) mass is 559 g/mol. The highest BCUT2D eigenvalue weighted by Crippen LogP contribution is 2.58. The van der Waals surface area contributed by atoms with Gasteiger partial charge in [0.2, 0.25) is 5.91 Å². The summed E-state index contributed by atoms with van der Waals surface area (Å²) in [5, 5.41) is 0. The van der Waals surface area contributed by atoms with E-state index < -0.39 is 35.4 Å². The van der Waals surface area contributed by atoms with Crippen molar-refractivity contribution in [3.63, 3.8) is 0 Å². The number of methoxy groups -OCH3 is 3. The number of nitrogens with zero attached hydrogens (tertiary/aromatic N) is 3. The molecule has 2 aromatic rings. The van der Waals surface area contributed by atoms with Crippen molar-refractivity contribution in [2.75, 3.05) is 26.2 Å². The summed E-state index contributed by atoms with van der Waals surface area (Å²) in [6.45, 7) is 4.18. The Morgan fingerprint density at radius 1 is 0.927 bits per heavy atom. The van der Waals surface area contributed by atoms with E-state index in [9.17, 15) is 19.2 Å². The predicted molar refractivity (Wildman–Crippen MR) is 150 cm³/mol. The maximum absolute atomic E-state index is 13.8. The van der Waals surface area contributed by atoms with Gasteiger partial charge in [0.15, 0.2) is 5.70 Å². The summed E-state index contributed by atoms with van der Waals surface area (Å²) in [5.41, 5.74) is 1.16. The van der Waals surface area contributed by atoms with Gasteiger partial charge in [-0.25, -0.2) is 19.4 Å². The average molecular weight is 560 g/mol. The summed E-state index contributed by atoms with van der Waals surface area (Å²) in [7, 11) is 3.71.